The van der Waals surface area contributed by atoms with E-state index in [1.54, 1.807) is 6.92 Å². The van der Waals surface area contributed by atoms with Crippen LogP contribution in [0.25, 0.3) is 0 Å². The summed E-state index contributed by atoms with van der Waals surface area (Å²) in [5, 5.41) is 7.87. The molecule has 0 radical (unpaired) electrons. The molecule has 1 aromatic rings. The van der Waals surface area contributed by atoms with E-state index < -0.39 is 8.24 Å². The maximum atomic E-state index is 11.9. The molecule has 2 heterocycles. The standard InChI is InChI=1S/C10H17N3O2Si/c1-7-11-12-10(15-7)8-5-6-9(14)13(8)16(2,3)4/h8H,5-6H2,1-4H3. The number of rotatable bonds is 2. The molecular formula is C10H17N3O2Si. The van der Waals surface area contributed by atoms with E-state index in [9.17, 15) is 4.79 Å². The molecule has 1 unspecified atom stereocenters. The number of hydrogen-bond acceptors (Lipinski definition) is 4. The van der Waals surface area contributed by atoms with Gasteiger partial charge in [0, 0.05) is 13.3 Å². The predicted octanol–water partition coefficient (Wildman–Crippen LogP) is 1.88. The Bertz CT molecular complexity index is 410. The van der Waals surface area contributed by atoms with Crippen molar-refractivity contribution in [1.82, 2.24) is 14.8 Å². The quantitative estimate of drug-likeness (QED) is 0.739. The van der Waals surface area contributed by atoms with E-state index in [1.807, 2.05) is 4.57 Å². The highest BCUT2D eigenvalue weighted by atomic mass is 28.3. The topological polar surface area (TPSA) is 59.2 Å². The highest BCUT2D eigenvalue weighted by molar-refractivity contribution is 6.75. The largest absolute Gasteiger partial charge is 0.423 e. The summed E-state index contributed by atoms with van der Waals surface area (Å²) >= 11 is 0. The molecule has 1 aromatic heterocycles. The van der Waals surface area contributed by atoms with Gasteiger partial charge in [0.05, 0.1) is 0 Å². The SMILES string of the molecule is Cc1nnc(C2CCC(=O)N2[Si](C)(C)C)o1. The second kappa shape index (κ2) is 3.69. The third-order valence-electron chi connectivity index (χ3n) is 2.76. The van der Waals surface area contributed by atoms with Crippen LogP contribution in [0.15, 0.2) is 4.42 Å². The summed E-state index contributed by atoms with van der Waals surface area (Å²) in [6.07, 6.45) is 1.39. The van der Waals surface area contributed by atoms with Crippen molar-refractivity contribution in [3.05, 3.63) is 11.8 Å². The Balaban J connectivity index is 2.31. The molecule has 1 aliphatic heterocycles. The second-order valence-electron chi connectivity index (χ2n) is 5.15. The number of aryl methyl sites for hydroxylation is 1. The third kappa shape index (κ3) is 1.89. The fourth-order valence-electron chi connectivity index (χ4n) is 2.21. The number of amides is 1. The summed E-state index contributed by atoms with van der Waals surface area (Å²) in [6.45, 7) is 8.25. The van der Waals surface area contributed by atoms with E-state index in [0.29, 0.717) is 18.2 Å². The summed E-state index contributed by atoms with van der Waals surface area (Å²) in [5.74, 6) is 1.37. The zero-order valence-corrected chi connectivity index (χ0v) is 11.1. The molecule has 0 aliphatic carbocycles. The Morgan fingerprint density at radius 2 is 2.06 bits per heavy atom. The van der Waals surface area contributed by atoms with Crippen molar-refractivity contribution in [2.75, 3.05) is 0 Å². The third-order valence-corrected chi connectivity index (χ3v) is 4.77. The average Bonchev–Trinajstić information content (AvgIpc) is 2.70. The first-order valence-corrected chi connectivity index (χ1v) is 8.96. The summed E-state index contributed by atoms with van der Waals surface area (Å²) in [6, 6.07) is 0.000340. The van der Waals surface area contributed by atoms with Gasteiger partial charge in [-0.1, -0.05) is 19.6 Å². The molecule has 1 amide bonds. The van der Waals surface area contributed by atoms with Gasteiger partial charge in [-0.2, -0.15) is 0 Å². The van der Waals surface area contributed by atoms with Gasteiger partial charge in [-0.15, -0.1) is 10.2 Å². The number of aromatic nitrogens is 2. The average molecular weight is 239 g/mol. The molecule has 0 bridgehead atoms. The molecule has 0 saturated carbocycles. The van der Waals surface area contributed by atoms with Gasteiger partial charge in [0.25, 0.3) is 0 Å². The first-order chi connectivity index (χ1) is 7.39. The normalized spacial score (nSPS) is 21.9. The Hall–Kier alpha value is -1.17. The van der Waals surface area contributed by atoms with Crippen LogP contribution in [-0.2, 0) is 4.79 Å². The Morgan fingerprint density at radius 1 is 1.38 bits per heavy atom. The van der Waals surface area contributed by atoms with Crippen LogP contribution in [0.3, 0.4) is 0 Å². The molecule has 1 saturated heterocycles. The zero-order chi connectivity index (χ0) is 11.9. The van der Waals surface area contributed by atoms with Gasteiger partial charge >= 0.3 is 0 Å². The summed E-state index contributed by atoms with van der Waals surface area (Å²) in [4.78, 5) is 11.9. The lowest BCUT2D eigenvalue weighted by Gasteiger charge is -2.34. The minimum absolute atomic E-state index is 0.000340. The Labute approximate surface area is 95.9 Å². The molecule has 1 aliphatic rings. The van der Waals surface area contributed by atoms with Gasteiger partial charge in [-0.05, 0) is 6.42 Å². The summed E-state index contributed by atoms with van der Waals surface area (Å²) < 4.78 is 7.43. The van der Waals surface area contributed by atoms with E-state index in [1.165, 1.54) is 0 Å². The Morgan fingerprint density at radius 3 is 2.56 bits per heavy atom. The predicted molar refractivity (Wildman–Crippen MR) is 61.2 cm³/mol. The van der Waals surface area contributed by atoms with E-state index in [2.05, 4.69) is 29.8 Å². The van der Waals surface area contributed by atoms with Crippen LogP contribution in [-0.4, -0.2) is 28.9 Å². The number of carbonyl (C=O) groups is 1. The van der Waals surface area contributed by atoms with Crippen LogP contribution < -0.4 is 0 Å². The highest BCUT2D eigenvalue weighted by Gasteiger charge is 2.42. The molecule has 2 rings (SSSR count). The lowest BCUT2D eigenvalue weighted by atomic mass is 10.2. The van der Waals surface area contributed by atoms with Gasteiger partial charge in [0.1, 0.15) is 6.04 Å². The van der Waals surface area contributed by atoms with E-state index in [-0.39, 0.29) is 11.9 Å². The summed E-state index contributed by atoms with van der Waals surface area (Å²) in [7, 11) is -1.67. The van der Waals surface area contributed by atoms with Crippen LogP contribution >= 0.6 is 0 Å². The fraction of sp³-hybridized carbons (Fsp3) is 0.700. The van der Waals surface area contributed by atoms with E-state index >= 15 is 0 Å². The molecule has 88 valence electrons. The van der Waals surface area contributed by atoms with E-state index in [4.69, 9.17) is 4.42 Å². The smallest absolute Gasteiger partial charge is 0.238 e. The molecule has 0 aromatic carbocycles. The molecule has 1 fully saturated rings. The lowest BCUT2D eigenvalue weighted by Crippen LogP contribution is -2.47. The zero-order valence-electron chi connectivity index (χ0n) is 10.1. The van der Waals surface area contributed by atoms with Gasteiger partial charge < -0.3 is 8.98 Å². The lowest BCUT2D eigenvalue weighted by molar-refractivity contribution is -0.125. The van der Waals surface area contributed by atoms with Gasteiger partial charge in [0.15, 0.2) is 8.24 Å². The Kier molecular flexibility index (Phi) is 2.61. The molecule has 16 heavy (non-hydrogen) atoms. The van der Waals surface area contributed by atoms with Crippen LogP contribution in [0.5, 0.6) is 0 Å². The highest BCUT2D eigenvalue weighted by Crippen LogP contribution is 2.35. The first-order valence-electron chi connectivity index (χ1n) is 5.52. The molecule has 0 N–H and O–H groups in total. The number of nitrogens with zero attached hydrogens (tertiary/aromatic N) is 3. The van der Waals surface area contributed by atoms with Crippen LogP contribution in [0.1, 0.15) is 30.7 Å². The van der Waals surface area contributed by atoms with E-state index in [0.717, 1.165) is 6.42 Å². The van der Waals surface area contributed by atoms with Gasteiger partial charge in [-0.25, -0.2) is 0 Å². The minimum atomic E-state index is -1.67. The van der Waals surface area contributed by atoms with Crippen molar-refractivity contribution in [2.24, 2.45) is 0 Å². The van der Waals surface area contributed by atoms with Crippen molar-refractivity contribution in [1.29, 1.82) is 0 Å². The van der Waals surface area contributed by atoms with Gasteiger partial charge in [-0.3, -0.25) is 4.79 Å². The maximum absolute atomic E-state index is 11.9. The first kappa shape index (κ1) is 11.3. The minimum Gasteiger partial charge on any atom is -0.423 e. The molecule has 5 nitrogen and oxygen atoms in total. The molecule has 1 atom stereocenters. The number of hydrogen-bond donors (Lipinski definition) is 0. The second-order valence-corrected chi connectivity index (χ2v) is 9.97. The van der Waals surface area contributed by atoms with Crippen LogP contribution in [0, 0.1) is 6.92 Å². The monoisotopic (exact) mass is 239 g/mol. The van der Waals surface area contributed by atoms with Crippen molar-refractivity contribution >= 4 is 14.1 Å². The van der Waals surface area contributed by atoms with Crippen LogP contribution in [0.4, 0.5) is 0 Å². The van der Waals surface area contributed by atoms with Crippen molar-refractivity contribution in [2.45, 2.75) is 45.4 Å². The van der Waals surface area contributed by atoms with Gasteiger partial charge in [0.2, 0.25) is 17.7 Å². The van der Waals surface area contributed by atoms with Crippen LogP contribution in [0.2, 0.25) is 19.6 Å². The molecule has 0 spiro atoms. The van der Waals surface area contributed by atoms with Crippen molar-refractivity contribution < 1.29 is 9.21 Å². The molecule has 6 heteroatoms. The van der Waals surface area contributed by atoms with Crippen molar-refractivity contribution in [3.8, 4) is 0 Å². The maximum Gasteiger partial charge on any atom is 0.238 e. The fourth-order valence-corrected chi connectivity index (χ4v) is 4.24. The summed E-state index contributed by atoms with van der Waals surface area (Å²) in [5.41, 5.74) is 0. The molecular weight excluding hydrogens is 222 g/mol. The van der Waals surface area contributed by atoms with Crippen molar-refractivity contribution in [3.63, 3.8) is 0 Å². The number of carbonyl (C=O) groups excluding carboxylic acids is 1.